The molecule has 0 unspecified atom stereocenters. The fourth-order valence-corrected chi connectivity index (χ4v) is 3.20. The lowest BCUT2D eigenvalue weighted by Crippen LogP contribution is -2.28. The van der Waals surface area contributed by atoms with E-state index >= 15 is 0 Å². The van der Waals surface area contributed by atoms with Gasteiger partial charge in [-0.15, -0.1) is 11.3 Å². The monoisotopic (exact) mass is 301 g/mol. The van der Waals surface area contributed by atoms with Crippen molar-refractivity contribution in [3.63, 3.8) is 0 Å². The number of hydrogen-bond donors (Lipinski definition) is 1. The van der Waals surface area contributed by atoms with Gasteiger partial charge in [-0.1, -0.05) is 30.3 Å². The third kappa shape index (κ3) is 2.45. The van der Waals surface area contributed by atoms with Gasteiger partial charge in [-0.25, -0.2) is 4.79 Å². The summed E-state index contributed by atoms with van der Waals surface area (Å²) in [6.07, 6.45) is 1.67. The number of esters is 1. The van der Waals surface area contributed by atoms with E-state index in [9.17, 15) is 9.59 Å². The molecule has 0 aliphatic heterocycles. The number of nitrogens with one attached hydrogen (secondary N) is 1. The molecule has 1 saturated carbocycles. The Morgan fingerprint density at radius 3 is 2.52 bits per heavy atom. The third-order valence-electron chi connectivity index (χ3n) is 3.80. The van der Waals surface area contributed by atoms with Crippen molar-refractivity contribution >= 4 is 28.9 Å². The SMILES string of the molecule is COC(=O)c1sccc1NC(=O)C1(c2ccccc2)CC1. The Morgan fingerprint density at radius 1 is 1.19 bits per heavy atom. The van der Waals surface area contributed by atoms with E-state index in [1.807, 2.05) is 30.3 Å². The average Bonchev–Trinajstić information content (AvgIpc) is 3.22. The smallest absolute Gasteiger partial charge is 0.350 e. The van der Waals surface area contributed by atoms with Crippen LogP contribution in [0.2, 0.25) is 0 Å². The van der Waals surface area contributed by atoms with E-state index in [0.29, 0.717) is 10.6 Å². The molecule has 0 bridgehead atoms. The Balaban J connectivity index is 1.82. The zero-order valence-electron chi connectivity index (χ0n) is 11.6. The minimum absolute atomic E-state index is 0.0581. The molecular weight excluding hydrogens is 286 g/mol. The predicted molar refractivity (Wildman–Crippen MR) is 81.6 cm³/mol. The Kier molecular flexibility index (Phi) is 3.51. The van der Waals surface area contributed by atoms with E-state index in [2.05, 4.69) is 5.32 Å². The Hall–Kier alpha value is -2.14. The highest BCUT2D eigenvalue weighted by molar-refractivity contribution is 7.12. The first-order chi connectivity index (χ1) is 10.2. The van der Waals surface area contributed by atoms with Gasteiger partial charge >= 0.3 is 5.97 Å². The van der Waals surface area contributed by atoms with Crippen molar-refractivity contribution in [1.29, 1.82) is 0 Å². The van der Waals surface area contributed by atoms with Gasteiger partial charge in [-0.05, 0) is 29.9 Å². The van der Waals surface area contributed by atoms with Crippen molar-refractivity contribution in [3.8, 4) is 0 Å². The molecule has 0 saturated heterocycles. The van der Waals surface area contributed by atoms with E-state index in [0.717, 1.165) is 18.4 Å². The number of anilines is 1. The Morgan fingerprint density at radius 2 is 1.90 bits per heavy atom. The van der Waals surface area contributed by atoms with Crippen LogP contribution in [0.5, 0.6) is 0 Å². The van der Waals surface area contributed by atoms with Crippen LogP contribution in [0, 0.1) is 0 Å². The van der Waals surface area contributed by atoms with Crippen LogP contribution in [-0.4, -0.2) is 19.0 Å². The summed E-state index contributed by atoms with van der Waals surface area (Å²) in [5.41, 5.74) is 1.10. The number of methoxy groups -OCH3 is 1. The second-order valence-corrected chi connectivity index (χ2v) is 5.97. The first kappa shape index (κ1) is 13.8. The molecule has 1 amide bonds. The van der Waals surface area contributed by atoms with Crippen LogP contribution in [0.3, 0.4) is 0 Å². The van der Waals surface area contributed by atoms with Crippen molar-refractivity contribution < 1.29 is 14.3 Å². The van der Waals surface area contributed by atoms with Crippen molar-refractivity contribution in [1.82, 2.24) is 0 Å². The highest BCUT2D eigenvalue weighted by Gasteiger charge is 2.51. The van der Waals surface area contributed by atoms with Gasteiger partial charge < -0.3 is 10.1 Å². The summed E-state index contributed by atoms with van der Waals surface area (Å²) in [6.45, 7) is 0. The summed E-state index contributed by atoms with van der Waals surface area (Å²) in [5.74, 6) is -0.484. The van der Waals surface area contributed by atoms with Gasteiger partial charge in [0.25, 0.3) is 0 Å². The fourth-order valence-electron chi connectivity index (χ4n) is 2.43. The number of rotatable bonds is 4. The molecule has 1 aliphatic rings. The summed E-state index contributed by atoms with van der Waals surface area (Å²) in [5, 5.41) is 4.65. The molecule has 0 radical (unpaired) electrons. The second kappa shape index (κ2) is 5.33. The molecule has 1 heterocycles. The molecule has 108 valence electrons. The second-order valence-electron chi connectivity index (χ2n) is 5.06. The molecule has 1 aromatic carbocycles. The lowest BCUT2D eigenvalue weighted by Gasteiger charge is -2.15. The quantitative estimate of drug-likeness (QED) is 0.882. The molecule has 0 atom stereocenters. The van der Waals surface area contributed by atoms with Crippen LogP contribution in [0.4, 0.5) is 5.69 Å². The molecule has 1 aliphatic carbocycles. The largest absolute Gasteiger partial charge is 0.465 e. The van der Waals surface area contributed by atoms with Gasteiger partial charge in [0.05, 0.1) is 18.2 Å². The number of carbonyl (C=O) groups is 2. The summed E-state index contributed by atoms with van der Waals surface area (Å²) in [7, 11) is 1.33. The Labute approximate surface area is 126 Å². The summed E-state index contributed by atoms with van der Waals surface area (Å²) >= 11 is 1.26. The topological polar surface area (TPSA) is 55.4 Å². The average molecular weight is 301 g/mol. The lowest BCUT2D eigenvalue weighted by atomic mass is 9.95. The summed E-state index contributed by atoms with van der Waals surface area (Å²) < 4.78 is 4.72. The number of amides is 1. The molecule has 1 fully saturated rings. The molecule has 4 nitrogen and oxygen atoms in total. The van der Waals surface area contributed by atoms with E-state index in [1.54, 1.807) is 11.4 Å². The summed E-state index contributed by atoms with van der Waals surface area (Å²) in [4.78, 5) is 24.7. The number of thiophene rings is 1. The third-order valence-corrected chi connectivity index (χ3v) is 4.69. The van der Waals surface area contributed by atoms with Crippen LogP contribution >= 0.6 is 11.3 Å². The van der Waals surface area contributed by atoms with Crippen molar-refractivity contribution in [3.05, 3.63) is 52.2 Å². The molecule has 0 spiro atoms. The minimum atomic E-state index is -0.448. The maximum absolute atomic E-state index is 12.6. The standard InChI is InChI=1S/C16H15NO3S/c1-20-14(18)13-12(7-10-21-13)17-15(19)16(8-9-16)11-5-3-2-4-6-11/h2-7,10H,8-9H2,1H3,(H,17,19). The zero-order chi connectivity index (χ0) is 14.9. The number of carbonyl (C=O) groups excluding carboxylic acids is 2. The Bertz CT molecular complexity index is 674. The lowest BCUT2D eigenvalue weighted by molar-refractivity contribution is -0.118. The molecule has 5 heteroatoms. The van der Waals surface area contributed by atoms with Gasteiger partial charge in [0.15, 0.2) is 0 Å². The molecule has 1 N–H and O–H groups in total. The van der Waals surface area contributed by atoms with E-state index in [4.69, 9.17) is 4.74 Å². The van der Waals surface area contributed by atoms with Crippen molar-refractivity contribution in [2.45, 2.75) is 18.3 Å². The van der Waals surface area contributed by atoms with Gasteiger partial charge in [0.2, 0.25) is 5.91 Å². The van der Waals surface area contributed by atoms with Gasteiger partial charge in [0, 0.05) is 0 Å². The van der Waals surface area contributed by atoms with Crippen LogP contribution in [0.1, 0.15) is 28.1 Å². The highest BCUT2D eigenvalue weighted by atomic mass is 32.1. The predicted octanol–water partition coefficient (Wildman–Crippen LogP) is 3.21. The van der Waals surface area contributed by atoms with Gasteiger partial charge in [-0.3, -0.25) is 4.79 Å². The van der Waals surface area contributed by atoms with Crippen LogP contribution in [0.15, 0.2) is 41.8 Å². The zero-order valence-corrected chi connectivity index (χ0v) is 12.4. The number of hydrogen-bond acceptors (Lipinski definition) is 4. The van der Waals surface area contributed by atoms with Crippen LogP contribution in [0.25, 0.3) is 0 Å². The highest BCUT2D eigenvalue weighted by Crippen LogP contribution is 2.49. The van der Waals surface area contributed by atoms with Crippen molar-refractivity contribution in [2.24, 2.45) is 0 Å². The maximum atomic E-state index is 12.6. The summed E-state index contributed by atoms with van der Waals surface area (Å²) in [6, 6.07) is 11.5. The fraction of sp³-hybridized carbons (Fsp3) is 0.250. The van der Waals surface area contributed by atoms with E-state index in [1.165, 1.54) is 18.4 Å². The van der Waals surface area contributed by atoms with Crippen LogP contribution in [-0.2, 0) is 14.9 Å². The van der Waals surface area contributed by atoms with Gasteiger partial charge in [-0.2, -0.15) is 0 Å². The molecule has 21 heavy (non-hydrogen) atoms. The number of benzene rings is 1. The first-order valence-corrected chi connectivity index (χ1v) is 7.58. The number of ether oxygens (including phenoxy) is 1. The van der Waals surface area contributed by atoms with E-state index < -0.39 is 11.4 Å². The van der Waals surface area contributed by atoms with Gasteiger partial charge in [0.1, 0.15) is 4.88 Å². The van der Waals surface area contributed by atoms with Crippen molar-refractivity contribution in [2.75, 3.05) is 12.4 Å². The normalized spacial score (nSPS) is 15.3. The molecule has 3 rings (SSSR count). The first-order valence-electron chi connectivity index (χ1n) is 6.70. The molecular formula is C16H15NO3S. The van der Waals surface area contributed by atoms with Crippen LogP contribution < -0.4 is 5.32 Å². The van der Waals surface area contributed by atoms with E-state index in [-0.39, 0.29) is 5.91 Å². The maximum Gasteiger partial charge on any atom is 0.350 e. The molecule has 2 aromatic rings. The minimum Gasteiger partial charge on any atom is -0.465 e. The molecule has 1 aromatic heterocycles.